The number of carbonyl (C=O) groups excluding carboxylic acids is 2. The average Bonchev–Trinajstić information content (AvgIpc) is 2.66. The van der Waals surface area contributed by atoms with Crippen LogP contribution in [0.25, 0.3) is 10.9 Å². The van der Waals surface area contributed by atoms with E-state index in [1.165, 1.54) is 0 Å². The largest absolute Gasteiger partial charge is 0.338 e. The summed E-state index contributed by atoms with van der Waals surface area (Å²) in [4.78, 5) is 41.3. The zero-order valence-electron chi connectivity index (χ0n) is 17.0. The summed E-state index contributed by atoms with van der Waals surface area (Å²) in [6.07, 6.45) is 2.86. The lowest BCUT2D eigenvalue weighted by Gasteiger charge is -2.13. The summed E-state index contributed by atoms with van der Waals surface area (Å²) < 4.78 is 1.60. The topological polar surface area (TPSA) is 93.1 Å². The lowest BCUT2D eigenvalue weighted by atomic mass is 10.2. The molecule has 0 saturated carbocycles. The first-order chi connectivity index (χ1) is 13.8. The molecule has 29 heavy (non-hydrogen) atoms. The number of rotatable bonds is 9. The molecular formula is C20H27ClN4O3S. The molecule has 0 aliphatic carbocycles. The van der Waals surface area contributed by atoms with Gasteiger partial charge in [0.05, 0.1) is 16.7 Å². The number of hydrogen-bond acceptors (Lipinski definition) is 5. The highest BCUT2D eigenvalue weighted by molar-refractivity contribution is 7.99. The Morgan fingerprint density at radius 1 is 1.28 bits per heavy atom. The van der Waals surface area contributed by atoms with E-state index in [4.69, 9.17) is 11.6 Å². The molecule has 0 aliphatic rings. The quantitative estimate of drug-likeness (QED) is 0.352. The number of nitrogens with zero attached hydrogens (tertiary/aromatic N) is 2. The highest BCUT2D eigenvalue weighted by atomic mass is 35.5. The number of hydrogen-bond donors (Lipinski definition) is 2. The molecule has 2 aromatic rings. The molecule has 1 aromatic carbocycles. The van der Waals surface area contributed by atoms with E-state index in [2.05, 4.69) is 22.5 Å². The second kappa shape index (κ2) is 11.2. The molecule has 0 bridgehead atoms. The number of halogens is 1. The van der Waals surface area contributed by atoms with Crippen LogP contribution in [0.2, 0.25) is 5.02 Å². The second-order valence-electron chi connectivity index (χ2n) is 7.16. The fourth-order valence-corrected chi connectivity index (χ4v) is 3.63. The van der Waals surface area contributed by atoms with Crippen LogP contribution in [0.4, 0.5) is 4.79 Å². The molecule has 2 N–H and O–H groups in total. The van der Waals surface area contributed by atoms with Crippen LogP contribution in [-0.2, 0) is 11.3 Å². The first-order valence-electron chi connectivity index (χ1n) is 9.72. The van der Waals surface area contributed by atoms with Crippen LogP contribution in [0.1, 0.15) is 40.0 Å². The number of thioether (sulfide) groups is 1. The SMILES string of the molecule is CCCCCn1c(SCC(=O)NC(=O)NCC(C)C)nc2cc(Cl)ccc2c1=O. The van der Waals surface area contributed by atoms with Crippen LogP contribution < -0.4 is 16.2 Å². The number of fused-ring (bicyclic) bond motifs is 1. The van der Waals surface area contributed by atoms with E-state index < -0.39 is 11.9 Å². The molecule has 7 nitrogen and oxygen atoms in total. The van der Waals surface area contributed by atoms with Gasteiger partial charge in [-0.1, -0.05) is 57.0 Å². The van der Waals surface area contributed by atoms with Gasteiger partial charge in [0.1, 0.15) is 0 Å². The number of unbranched alkanes of at least 4 members (excludes halogenated alkanes) is 2. The Morgan fingerprint density at radius 2 is 2.03 bits per heavy atom. The van der Waals surface area contributed by atoms with E-state index in [-0.39, 0.29) is 17.2 Å². The van der Waals surface area contributed by atoms with Gasteiger partial charge in [-0.15, -0.1) is 0 Å². The molecule has 0 saturated heterocycles. The third-order valence-electron chi connectivity index (χ3n) is 4.12. The average molecular weight is 439 g/mol. The predicted molar refractivity (Wildman–Crippen MR) is 118 cm³/mol. The van der Waals surface area contributed by atoms with Crippen molar-refractivity contribution in [3.05, 3.63) is 33.6 Å². The van der Waals surface area contributed by atoms with E-state index in [0.717, 1.165) is 31.0 Å². The molecule has 1 heterocycles. The van der Waals surface area contributed by atoms with Gasteiger partial charge in [0, 0.05) is 18.1 Å². The second-order valence-corrected chi connectivity index (χ2v) is 8.54. The van der Waals surface area contributed by atoms with Gasteiger partial charge < -0.3 is 5.32 Å². The zero-order chi connectivity index (χ0) is 21.4. The Morgan fingerprint density at radius 3 is 2.72 bits per heavy atom. The summed E-state index contributed by atoms with van der Waals surface area (Å²) >= 11 is 7.17. The normalized spacial score (nSPS) is 11.1. The lowest BCUT2D eigenvalue weighted by Crippen LogP contribution is -2.41. The Kier molecular flexibility index (Phi) is 8.98. The van der Waals surface area contributed by atoms with Crippen LogP contribution in [0.5, 0.6) is 0 Å². The lowest BCUT2D eigenvalue weighted by molar-refractivity contribution is -0.117. The first-order valence-corrected chi connectivity index (χ1v) is 11.1. The van der Waals surface area contributed by atoms with Crippen molar-refractivity contribution in [2.45, 2.75) is 51.7 Å². The molecule has 0 unspecified atom stereocenters. The predicted octanol–water partition coefficient (Wildman–Crippen LogP) is 3.81. The number of aromatic nitrogens is 2. The molecule has 0 atom stereocenters. The summed E-state index contributed by atoms with van der Waals surface area (Å²) in [5, 5.41) is 6.35. The third-order valence-corrected chi connectivity index (χ3v) is 5.34. The molecule has 1 aromatic heterocycles. The van der Waals surface area contributed by atoms with Crippen LogP contribution in [0.3, 0.4) is 0 Å². The van der Waals surface area contributed by atoms with E-state index in [0.29, 0.717) is 34.2 Å². The van der Waals surface area contributed by atoms with Crippen molar-refractivity contribution in [1.29, 1.82) is 0 Å². The fourth-order valence-electron chi connectivity index (χ4n) is 2.63. The fraction of sp³-hybridized carbons (Fsp3) is 0.500. The maximum Gasteiger partial charge on any atom is 0.321 e. The van der Waals surface area contributed by atoms with Gasteiger partial charge in [-0.3, -0.25) is 19.5 Å². The summed E-state index contributed by atoms with van der Waals surface area (Å²) in [6.45, 7) is 7.03. The minimum absolute atomic E-state index is 0.0264. The van der Waals surface area contributed by atoms with Crippen LogP contribution in [0, 0.1) is 5.92 Å². The van der Waals surface area contributed by atoms with Crippen molar-refractivity contribution in [3.63, 3.8) is 0 Å². The zero-order valence-corrected chi connectivity index (χ0v) is 18.5. The van der Waals surface area contributed by atoms with Gasteiger partial charge >= 0.3 is 6.03 Å². The highest BCUT2D eigenvalue weighted by Crippen LogP contribution is 2.21. The Balaban J connectivity index is 2.16. The van der Waals surface area contributed by atoms with Gasteiger partial charge in [0.25, 0.3) is 5.56 Å². The van der Waals surface area contributed by atoms with Gasteiger partial charge in [-0.05, 0) is 30.5 Å². The first kappa shape index (κ1) is 23.2. The minimum Gasteiger partial charge on any atom is -0.338 e. The Hall–Kier alpha value is -2.06. The standard InChI is InChI=1S/C20H27ClN4O3S/c1-4-5-6-9-25-18(27)15-8-7-14(21)10-16(15)23-20(25)29-12-17(26)24-19(28)22-11-13(2)3/h7-8,10,13H,4-6,9,11-12H2,1-3H3,(H2,22,24,26,28). The van der Waals surface area contributed by atoms with Gasteiger partial charge in [0.15, 0.2) is 5.16 Å². The van der Waals surface area contributed by atoms with E-state index in [9.17, 15) is 14.4 Å². The van der Waals surface area contributed by atoms with E-state index in [1.54, 1.807) is 22.8 Å². The summed E-state index contributed by atoms with van der Waals surface area (Å²) in [5.74, 6) is -0.185. The summed E-state index contributed by atoms with van der Waals surface area (Å²) in [5.41, 5.74) is 0.340. The van der Waals surface area contributed by atoms with Gasteiger partial charge in [-0.2, -0.15) is 0 Å². The van der Waals surface area contributed by atoms with E-state index >= 15 is 0 Å². The monoisotopic (exact) mass is 438 g/mol. The molecular weight excluding hydrogens is 412 g/mol. The maximum absolute atomic E-state index is 12.9. The van der Waals surface area contributed by atoms with Crippen LogP contribution in [0.15, 0.2) is 28.2 Å². The number of carbonyl (C=O) groups is 2. The van der Waals surface area contributed by atoms with Crippen molar-refractivity contribution in [2.24, 2.45) is 5.92 Å². The third kappa shape index (κ3) is 7.04. The number of imide groups is 1. The summed E-state index contributed by atoms with van der Waals surface area (Å²) in [7, 11) is 0. The smallest absolute Gasteiger partial charge is 0.321 e. The molecule has 0 aliphatic heterocycles. The molecule has 158 valence electrons. The van der Waals surface area contributed by atoms with Gasteiger partial charge in [-0.25, -0.2) is 9.78 Å². The number of amides is 3. The Labute approximate surface area is 179 Å². The highest BCUT2D eigenvalue weighted by Gasteiger charge is 2.15. The molecule has 9 heteroatoms. The number of urea groups is 1. The molecule has 2 rings (SSSR count). The van der Waals surface area contributed by atoms with Crippen molar-refractivity contribution in [1.82, 2.24) is 20.2 Å². The molecule has 0 radical (unpaired) electrons. The number of benzene rings is 1. The van der Waals surface area contributed by atoms with E-state index in [1.807, 2.05) is 13.8 Å². The molecule has 3 amide bonds. The summed E-state index contributed by atoms with van der Waals surface area (Å²) in [6, 6.07) is 4.45. The van der Waals surface area contributed by atoms with Crippen molar-refractivity contribution >= 4 is 46.2 Å². The molecule has 0 fully saturated rings. The van der Waals surface area contributed by atoms with Crippen molar-refractivity contribution in [3.8, 4) is 0 Å². The van der Waals surface area contributed by atoms with Crippen LogP contribution >= 0.6 is 23.4 Å². The minimum atomic E-state index is -0.525. The van der Waals surface area contributed by atoms with Crippen molar-refractivity contribution in [2.75, 3.05) is 12.3 Å². The maximum atomic E-state index is 12.9. The molecule has 0 spiro atoms. The van der Waals surface area contributed by atoms with Crippen LogP contribution in [-0.4, -0.2) is 33.8 Å². The Bertz CT molecular complexity index is 930. The number of nitrogens with one attached hydrogen (secondary N) is 2. The van der Waals surface area contributed by atoms with Gasteiger partial charge in [0.2, 0.25) is 5.91 Å². The van der Waals surface area contributed by atoms with Crippen molar-refractivity contribution < 1.29 is 9.59 Å².